The first-order valence-electron chi connectivity index (χ1n) is 28.3. The van der Waals surface area contributed by atoms with E-state index in [0.29, 0.717) is 66.5 Å². The average molecular weight is 1190 g/mol. The van der Waals surface area contributed by atoms with Crippen LogP contribution in [0.5, 0.6) is 0 Å². The highest BCUT2D eigenvalue weighted by Crippen LogP contribution is 2.23. The fraction of sp³-hybridized carbons (Fsp3) is 0.468. The Morgan fingerprint density at radius 2 is 1.45 bits per heavy atom. The summed E-state index contributed by atoms with van der Waals surface area (Å²) in [6.07, 6.45) is 14.1. The molecule has 2 unspecified atom stereocenters. The minimum atomic E-state index is -0.613. The molecule has 0 aliphatic carbocycles. The minimum Gasteiger partial charge on any atom is -0.380 e. The second-order valence-electron chi connectivity index (χ2n) is 20.0. The molecule has 3 aromatic carbocycles. The summed E-state index contributed by atoms with van der Waals surface area (Å²) in [6.45, 7) is 17.2. The van der Waals surface area contributed by atoms with Crippen molar-refractivity contribution in [2.45, 2.75) is 123 Å². The Bertz CT molecular complexity index is 2560. The van der Waals surface area contributed by atoms with E-state index in [0.717, 1.165) is 111 Å². The number of anilines is 2. The molecule has 0 aromatic heterocycles. The molecule has 0 heterocycles. The third-order valence-corrected chi connectivity index (χ3v) is 13.2. The number of halogens is 1. The number of amides is 8. The quantitative estimate of drug-likeness (QED) is 0.0116. The van der Waals surface area contributed by atoms with Crippen LogP contribution in [-0.2, 0) is 59.6 Å². The van der Waals surface area contributed by atoms with Gasteiger partial charge in [-0.05, 0) is 117 Å². The predicted molar refractivity (Wildman–Crippen MR) is 333 cm³/mol. The van der Waals surface area contributed by atoms with Crippen LogP contribution in [0.2, 0.25) is 5.02 Å². The third-order valence-electron chi connectivity index (χ3n) is 12.9. The number of hydrogen-bond donors (Lipinski definition) is 9. The van der Waals surface area contributed by atoms with Crippen LogP contribution >= 0.6 is 11.6 Å². The zero-order valence-electron chi connectivity index (χ0n) is 50.5. The number of urea groups is 2. The normalized spacial score (nSPS) is 11.2. The van der Waals surface area contributed by atoms with Gasteiger partial charge in [-0.3, -0.25) is 33.7 Å². The van der Waals surface area contributed by atoms with Crippen molar-refractivity contribution < 1.29 is 47.9 Å². The molecule has 0 saturated carbocycles. The van der Waals surface area contributed by atoms with Crippen LogP contribution in [0.1, 0.15) is 118 Å². The van der Waals surface area contributed by atoms with Gasteiger partial charge >= 0.3 is 12.1 Å². The topological polar surface area (TPSA) is 278 Å². The number of methoxy groups -OCH3 is 1. The number of nitrogens with zero attached hydrogens (tertiary/aromatic N) is 2. The van der Waals surface area contributed by atoms with Crippen LogP contribution in [0, 0.1) is 5.92 Å². The number of carbonyl (C=O) groups is 9. The lowest BCUT2D eigenvalue weighted by Gasteiger charge is -2.27. The molecule has 3 rings (SSSR count). The molecule has 0 bridgehead atoms. The molecule has 8 amide bonds. The predicted octanol–water partition coefficient (Wildman–Crippen LogP) is 7.56. The van der Waals surface area contributed by atoms with E-state index in [-0.39, 0.29) is 49.2 Å². The van der Waals surface area contributed by atoms with Crippen molar-refractivity contribution in [1.82, 2.24) is 47.0 Å². The molecule has 2 atom stereocenters. The lowest BCUT2D eigenvalue weighted by molar-refractivity contribution is -0.130. The van der Waals surface area contributed by atoms with E-state index in [2.05, 4.69) is 61.0 Å². The number of ether oxygens (including phenoxy) is 1. The number of carbonyl (C=O) groups excluding carboxylic acids is 9. The van der Waals surface area contributed by atoms with Crippen molar-refractivity contribution in [3.05, 3.63) is 130 Å². The second kappa shape index (κ2) is 44.7. The van der Waals surface area contributed by atoms with E-state index < -0.39 is 18.1 Å². The largest absolute Gasteiger partial charge is 0.380 e. The van der Waals surface area contributed by atoms with Gasteiger partial charge in [0, 0.05) is 107 Å². The zero-order chi connectivity index (χ0) is 62.7. The molecule has 0 saturated heterocycles. The Hall–Kier alpha value is -7.88. The van der Waals surface area contributed by atoms with Crippen LogP contribution in [0.3, 0.4) is 0 Å². The SMILES string of the molecule is C=C(CNC(=O)C(NC(=O)CCCCCN(C)C(=C)/C=C\C=O)C(C)C)Nc1ccc(COC)cc1.CCCNC(=O)NC.CNC(=O)C(CCC=O)N(C)Cc1cc(CNC(=O)Nc2ccc(CCCCCNC=O)c(Cl)c2)ccc1C=O. The summed E-state index contributed by atoms with van der Waals surface area (Å²) in [5.41, 5.74) is 6.89. The number of aryl methyl sites for hydroxylation is 1. The summed E-state index contributed by atoms with van der Waals surface area (Å²) >= 11 is 6.41. The Morgan fingerprint density at radius 1 is 0.750 bits per heavy atom. The van der Waals surface area contributed by atoms with Gasteiger partial charge in [0.1, 0.15) is 24.9 Å². The van der Waals surface area contributed by atoms with Gasteiger partial charge in [0.2, 0.25) is 24.1 Å². The van der Waals surface area contributed by atoms with Crippen LogP contribution < -0.4 is 47.9 Å². The van der Waals surface area contributed by atoms with E-state index in [1.807, 2.05) is 69.1 Å². The first-order valence-corrected chi connectivity index (χ1v) is 28.7. The van der Waals surface area contributed by atoms with Gasteiger partial charge in [-0.1, -0.05) is 94.8 Å². The van der Waals surface area contributed by atoms with Crippen molar-refractivity contribution in [2.24, 2.45) is 5.92 Å². The molecule has 0 aliphatic rings. The van der Waals surface area contributed by atoms with Crippen LogP contribution in [0.25, 0.3) is 0 Å². The maximum atomic E-state index is 12.7. The summed E-state index contributed by atoms with van der Waals surface area (Å²) in [6, 6.07) is 16.8. The van der Waals surface area contributed by atoms with Gasteiger partial charge in [-0.25, -0.2) is 9.59 Å². The molecule has 0 radical (unpaired) electrons. The van der Waals surface area contributed by atoms with Crippen molar-refractivity contribution in [1.29, 1.82) is 0 Å². The molecule has 9 N–H and O–H groups in total. The van der Waals surface area contributed by atoms with Gasteiger partial charge in [-0.15, -0.1) is 0 Å². The summed E-state index contributed by atoms with van der Waals surface area (Å²) in [7, 11) is 8.48. The molecular weight excluding hydrogens is 1090 g/mol. The fourth-order valence-corrected chi connectivity index (χ4v) is 8.33. The zero-order valence-corrected chi connectivity index (χ0v) is 51.2. The van der Waals surface area contributed by atoms with E-state index in [4.69, 9.17) is 16.3 Å². The van der Waals surface area contributed by atoms with E-state index in [1.165, 1.54) is 6.08 Å². The van der Waals surface area contributed by atoms with Crippen LogP contribution in [0.4, 0.5) is 21.0 Å². The number of nitrogens with one attached hydrogen (secondary N) is 9. The van der Waals surface area contributed by atoms with E-state index in [1.54, 1.807) is 63.5 Å². The smallest absolute Gasteiger partial charge is 0.319 e. The summed E-state index contributed by atoms with van der Waals surface area (Å²) in [5, 5.41) is 25.4. The first kappa shape index (κ1) is 74.1. The Labute approximate surface area is 502 Å². The molecule has 84 heavy (non-hydrogen) atoms. The van der Waals surface area contributed by atoms with E-state index >= 15 is 0 Å². The third kappa shape index (κ3) is 32.1. The summed E-state index contributed by atoms with van der Waals surface area (Å²) in [4.78, 5) is 107. The molecular formula is C62H92ClN11O10. The highest BCUT2D eigenvalue weighted by atomic mass is 35.5. The molecule has 3 aromatic rings. The van der Waals surface area contributed by atoms with Gasteiger partial charge in [0.25, 0.3) is 0 Å². The highest BCUT2D eigenvalue weighted by molar-refractivity contribution is 6.31. The van der Waals surface area contributed by atoms with Crippen molar-refractivity contribution in [3.8, 4) is 0 Å². The Morgan fingerprint density at radius 3 is 2.07 bits per heavy atom. The molecule has 0 fully saturated rings. The molecule has 0 spiro atoms. The van der Waals surface area contributed by atoms with E-state index in [9.17, 15) is 43.2 Å². The van der Waals surface area contributed by atoms with Crippen molar-refractivity contribution >= 4 is 78.0 Å². The van der Waals surface area contributed by atoms with Crippen molar-refractivity contribution in [3.63, 3.8) is 0 Å². The molecule has 0 aliphatic heterocycles. The Balaban J connectivity index is 0.000000745. The number of allylic oxidation sites excluding steroid dienone is 2. The standard InChI is InChI=1S/C29H38ClN5O5.C28H42N4O4.C5H12N2O/c1-31-28(39)27(8-6-14-36)35(2)18-24-15-21(9-10-23(24)19-37)17-33-29(40)34-25-12-11-22(26(30)16-25)7-4-3-5-13-32-20-38;1-21(2)27(31-26(34)12-8-7-9-17-32(5)23(4)11-10-18-33)28(35)29-19-22(3)30-25-15-13-24(14-16-25)20-36-6;1-3-4-7-5(8)6-2/h9-12,14-16,19-20,27H,3-8,13,17-18H2,1-2H3,(H,31,39)(H,32,38)(H2,33,34,40);10-11,13-16,18,21,27,30H,3-4,7-9,12,17,19-20H2,1-2,5-6H3,(H,29,35)(H,31,34);3-4H2,1-2H3,(H2,6,7,8)/b;11-10-;. The molecule has 22 heteroatoms. The van der Waals surface area contributed by atoms with Crippen LogP contribution in [-0.4, -0.2) is 138 Å². The molecule has 462 valence electrons. The maximum absolute atomic E-state index is 12.7. The minimum absolute atomic E-state index is 0.0532. The monoisotopic (exact) mass is 1190 g/mol. The average Bonchev–Trinajstić information content (AvgIpc) is 3.63. The van der Waals surface area contributed by atoms with Crippen molar-refractivity contribution in [2.75, 3.05) is 72.1 Å². The lowest BCUT2D eigenvalue weighted by atomic mass is 10.0. The highest BCUT2D eigenvalue weighted by Gasteiger charge is 2.25. The summed E-state index contributed by atoms with van der Waals surface area (Å²) in [5.74, 6) is -0.630. The fourth-order valence-electron chi connectivity index (χ4n) is 8.05. The Kier molecular flexibility index (Phi) is 39.4. The van der Waals surface area contributed by atoms with Gasteiger partial charge in [-0.2, -0.15) is 0 Å². The lowest BCUT2D eigenvalue weighted by Crippen LogP contribution is -2.50. The number of unbranched alkanes of at least 4 members (excludes halogenated alkanes) is 4. The molecule has 21 nitrogen and oxygen atoms in total. The van der Waals surface area contributed by atoms with Crippen LogP contribution in [0.15, 0.2) is 97.4 Å². The van der Waals surface area contributed by atoms with Gasteiger partial charge in [0.15, 0.2) is 0 Å². The maximum Gasteiger partial charge on any atom is 0.319 e. The van der Waals surface area contributed by atoms with Gasteiger partial charge < -0.3 is 62.3 Å². The number of hydrogen-bond acceptors (Lipinski definition) is 13. The number of benzene rings is 3. The first-order chi connectivity index (χ1) is 40.3. The number of rotatable bonds is 38. The number of aldehydes is 3. The van der Waals surface area contributed by atoms with Gasteiger partial charge in [0.05, 0.1) is 19.2 Å². The summed E-state index contributed by atoms with van der Waals surface area (Å²) < 4.78 is 5.11. The number of likely N-dealkylation sites (N-methyl/N-ethyl adjacent to an activating group) is 3. The second-order valence-corrected chi connectivity index (χ2v) is 20.4.